The molecule has 2 aliphatic carbocycles. The molecule has 2 fully saturated rings. The normalized spacial score (nSPS) is 32.8. The number of hydrogen-bond acceptors (Lipinski definition) is 4. The summed E-state index contributed by atoms with van der Waals surface area (Å²) in [6.45, 7) is 1.92. The van der Waals surface area contributed by atoms with Crippen molar-refractivity contribution >= 4 is 0 Å². The molecule has 5 heteroatoms. The second kappa shape index (κ2) is 6.92. The van der Waals surface area contributed by atoms with Gasteiger partial charge in [0.1, 0.15) is 0 Å². The van der Waals surface area contributed by atoms with Gasteiger partial charge < -0.3 is 10.4 Å². The second-order valence-electron chi connectivity index (χ2n) is 6.89. The van der Waals surface area contributed by atoms with Crippen LogP contribution in [0.4, 0.5) is 0 Å². The summed E-state index contributed by atoms with van der Waals surface area (Å²) in [6, 6.07) is 4.34. The molecule has 2 atom stereocenters. The Kier molecular flexibility index (Phi) is 4.93. The summed E-state index contributed by atoms with van der Waals surface area (Å²) in [6.07, 6.45) is 8.25. The van der Waals surface area contributed by atoms with Crippen LogP contribution in [0.2, 0.25) is 0 Å². The Hall–Kier alpha value is -1.20. The summed E-state index contributed by atoms with van der Waals surface area (Å²) in [7, 11) is 0. The van der Waals surface area contributed by atoms with E-state index in [1.54, 1.807) is 16.8 Å². The van der Waals surface area contributed by atoms with Gasteiger partial charge in [-0.05, 0) is 51.5 Å². The number of aryl methyl sites for hydroxylation is 1. The first-order chi connectivity index (χ1) is 10.6. The third kappa shape index (κ3) is 3.58. The molecule has 0 spiro atoms. The second-order valence-corrected chi connectivity index (χ2v) is 6.89. The maximum Gasteiger partial charge on any atom is 0.267 e. The highest BCUT2D eigenvalue weighted by atomic mass is 16.3. The van der Waals surface area contributed by atoms with Gasteiger partial charge in [-0.25, -0.2) is 4.68 Å². The first-order valence-electron chi connectivity index (χ1n) is 8.64. The van der Waals surface area contributed by atoms with Crippen LogP contribution in [0.25, 0.3) is 0 Å². The summed E-state index contributed by atoms with van der Waals surface area (Å²) in [5.74, 6) is 0. The largest absolute Gasteiger partial charge is 0.392 e. The van der Waals surface area contributed by atoms with Gasteiger partial charge in [0.15, 0.2) is 0 Å². The van der Waals surface area contributed by atoms with E-state index in [1.165, 1.54) is 6.42 Å². The topological polar surface area (TPSA) is 67.2 Å². The Morgan fingerprint density at radius 3 is 2.59 bits per heavy atom. The molecule has 2 aliphatic rings. The van der Waals surface area contributed by atoms with E-state index in [0.29, 0.717) is 6.04 Å². The monoisotopic (exact) mass is 305 g/mol. The summed E-state index contributed by atoms with van der Waals surface area (Å²) in [5, 5.41) is 18.1. The van der Waals surface area contributed by atoms with E-state index in [9.17, 15) is 9.90 Å². The lowest BCUT2D eigenvalue weighted by molar-refractivity contribution is 0.0795. The van der Waals surface area contributed by atoms with Crippen LogP contribution < -0.4 is 10.9 Å². The van der Waals surface area contributed by atoms with Crippen molar-refractivity contribution in [1.29, 1.82) is 0 Å². The highest BCUT2D eigenvalue weighted by molar-refractivity contribution is 4.98. The van der Waals surface area contributed by atoms with Crippen LogP contribution in [0.5, 0.6) is 0 Å². The molecule has 1 aromatic heterocycles. The zero-order valence-electron chi connectivity index (χ0n) is 13.4. The van der Waals surface area contributed by atoms with Crippen LogP contribution in [0.1, 0.15) is 63.1 Å². The highest BCUT2D eigenvalue weighted by Gasteiger charge is 2.29. The number of nitrogens with one attached hydrogen (secondary N) is 1. The first-order valence-corrected chi connectivity index (χ1v) is 8.64. The van der Waals surface area contributed by atoms with E-state index in [4.69, 9.17) is 0 Å². The first kappa shape index (κ1) is 15.7. The number of nitrogens with zero attached hydrogens (tertiary/aromatic N) is 2. The lowest BCUT2D eigenvalue weighted by Gasteiger charge is -2.35. The third-order valence-electron chi connectivity index (χ3n) is 5.18. The van der Waals surface area contributed by atoms with E-state index in [1.807, 2.05) is 6.92 Å². The van der Waals surface area contributed by atoms with Gasteiger partial charge in [0, 0.05) is 18.2 Å². The van der Waals surface area contributed by atoms with Crippen molar-refractivity contribution in [3.05, 3.63) is 28.2 Å². The molecule has 2 saturated carbocycles. The van der Waals surface area contributed by atoms with Crippen molar-refractivity contribution in [1.82, 2.24) is 15.1 Å². The lowest BCUT2D eigenvalue weighted by atomic mass is 9.87. The smallest absolute Gasteiger partial charge is 0.267 e. The zero-order chi connectivity index (χ0) is 15.5. The molecule has 0 bridgehead atoms. The molecule has 1 aromatic rings. The Balaban J connectivity index is 1.56. The van der Waals surface area contributed by atoms with Crippen LogP contribution in [0.3, 0.4) is 0 Å². The number of aliphatic hydroxyl groups is 1. The van der Waals surface area contributed by atoms with Crippen LogP contribution in [0.15, 0.2) is 16.9 Å². The molecule has 0 saturated heterocycles. The maximum atomic E-state index is 12.0. The van der Waals surface area contributed by atoms with Crippen molar-refractivity contribution in [3.63, 3.8) is 0 Å². The minimum Gasteiger partial charge on any atom is -0.392 e. The Bertz CT molecular complexity index is 549. The number of hydrogen-bond donors (Lipinski definition) is 2. The fourth-order valence-corrected chi connectivity index (χ4v) is 3.88. The fourth-order valence-electron chi connectivity index (χ4n) is 3.88. The van der Waals surface area contributed by atoms with Gasteiger partial charge in [-0.3, -0.25) is 4.79 Å². The summed E-state index contributed by atoms with van der Waals surface area (Å²) in [5.41, 5.74) is 0.898. The zero-order valence-corrected chi connectivity index (χ0v) is 13.4. The predicted molar refractivity (Wildman–Crippen MR) is 85.9 cm³/mol. The third-order valence-corrected chi connectivity index (χ3v) is 5.18. The molecule has 0 aromatic carbocycles. The molecule has 0 aliphatic heterocycles. The molecular weight excluding hydrogens is 278 g/mol. The van der Waals surface area contributed by atoms with E-state index in [-0.39, 0.29) is 23.7 Å². The standard InChI is InChI=1S/C17H27N3O2/c1-12-6-11-17(22)20(19-12)14-9-7-13(8-10-14)18-15-4-2-3-5-16(15)21/h6,11,13-16,18,21H,2-5,7-10H2,1H3. The maximum absolute atomic E-state index is 12.0. The molecule has 1 heterocycles. The molecule has 22 heavy (non-hydrogen) atoms. The van der Waals surface area contributed by atoms with Crippen LogP contribution >= 0.6 is 0 Å². The molecule has 0 radical (unpaired) electrons. The van der Waals surface area contributed by atoms with E-state index >= 15 is 0 Å². The van der Waals surface area contributed by atoms with E-state index in [2.05, 4.69) is 10.4 Å². The average Bonchev–Trinajstić information content (AvgIpc) is 2.53. The molecular formula is C17H27N3O2. The number of aromatic nitrogens is 2. The number of rotatable bonds is 3. The van der Waals surface area contributed by atoms with Crippen molar-refractivity contribution < 1.29 is 5.11 Å². The molecule has 3 rings (SSSR count). The lowest BCUT2D eigenvalue weighted by Crippen LogP contribution is -2.48. The van der Waals surface area contributed by atoms with Crippen LogP contribution in [-0.2, 0) is 0 Å². The molecule has 5 nitrogen and oxygen atoms in total. The minimum absolute atomic E-state index is 0.00436. The van der Waals surface area contributed by atoms with Gasteiger partial charge in [-0.1, -0.05) is 12.8 Å². The van der Waals surface area contributed by atoms with Gasteiger partial charge in [0.2, 0.25) is 0 Å². The Morgan fingerprint density at radius 2 is 1.86 bits per heavy atom. The summed E-state index contributed by atoms with van der Waals surface area (Å²) >= 11 is 0. The van der Waals surface area contributed by atoms with Crippen molar-refractivity contribution in [2.24, 2.45) is 0 Å². The predicted octanol–water partition coefficient (Wildman–Crippen LogP) is 1.93. The number of aliphatic hydroxyl groups excluding tert-OH is 1. The fraction of sp³-hybridized carbons (Fsp3) is 0.765. The summed E-state index contributed by atoms with van der Waals surface area (Å²) < 4.78 is 1.67. The highest BCUT2D eigenvalue weighted by Crippen LogP contribution is 2.28. The van der Waals surface area contributed by atoms with Crippen molar-refractivity contribution in [3.8, 4) is 0 Å². The van der Waals surface area contributed by atoms with Crippen molar-refractivity contribution in [2.45, 2.75) is 82.5 Å². The van der Waals surface area contributed by atoms with Gasteiger partial charge in [-0.15, -0.1) is 0 Å². The van der Waals surface area contributed by atoms with Gasteiger partial charge >= 0.3 is 0 Å². The van der Waals surface area contributed by atoms with Crippen molar-refractivity contribution in [2.75, 3.05) is 0 Å². The minimum atomic E-state index is -0.187. The van der Waals surface area contributed by atoms with E-state index in [0.717, 1.165) is 50.6 Å². The quantitative estimate of drug-likeness (QED) is 0.895. The van der Waals surface area contributed by atoms with Gasteiger partial charge in [0.05, 0.1) is 17.8 Å². The Labute approximate surface area is 131 Å². The van der Waals surface area contributed by atoms with Gasteiger partial charge in [-0.2, -0.15) is 5.10 Å². The van der Waals surface area contributed by atoms with Crippen LogP contribution in [0, 0.1) is 6.92 Å². The van der Waals surface area contributed by atoms with Crippen LogP contribution in [-0.4, -0.2) is 33.1 Å². The molecule has 122 valence electrons. The Morgan fingerprint density at radius 1 is 1.14 bits per heavy atom. The molecule has 2 unspecified atom stereocenters. The summed E-state index contributed by atoms with van der Waals surface area (Å²) in [4.78, 5) is 12.0. The van der Waals surface area contributed by atoms with E-state index < -0.39 is 0 Å². The SMILES string of the molecule is Cc1ccc(=O)n(C2CCC(NC3CCCCC3O)CC2)n1. The van der Waals surface area contributed by atoms with Gasteiger partial charge in [0.25, 0.3) is 5.56 Å². The average molecular weight is 305 g/mol. The molecule has 2 N–H and O–H groups in total. The molecule has 0 amide bonds.